The zero-order valence-electron chi connectivity index (χ0n) is 14.9. The molecule has 4 nitrogen and oxygen atoms in total. The minimum atomic E-state index is 0.646. The number of nitrogens with one attached hydrogen (secondary N) is 1. The third kappa shape index (κ3) is 4.96. The summed E-state index contributed by atoms with van der Waals surface area (Å²) in [6.45, 7) is 5.12. The number of pyridine rings is 1. The Balaban J connectivity index is 1.62. The summed E-state index contributed by atoms with van der Waals surface area (Å²) >= 11 is 6.01. The van der Waals surface area contributed by atoms with Crippen LogP contribution in [0.4, 0.5) is 5.69 Å². The van der Waals surface area contributed by atoms with Gasteiger partial charge in [0.2, 0.25) is 0 Å². The molecular formula is C21H22ClN3O. The molecule has 1 heterocycles. The Morgan fingerprint density at radius 3 is 2.73 bits per heavy atom. The fraction of sp³-hybridized carbons (Fsp3) is 0.238. The van der Waals surface area contributed by atoms with Crippen molar-refractivity contribution in [2.24, 2.45) is 11.0 Å². The molecular weight excluding hydrogens is 346 g/mol. The number of hydrogen-bond donors (Lipinski definition) is 1. The van der Waals surface area contributed by atoms with E-state index in [0.29, 0.717) is 10.9 Å². The van der Waals surface area contributed by atoms with Crippen LogP contribution in [0.2, 0.25) is 5.02 Å². The molecule has 0 bridgehead atoms. The van der Waals surface area contributed by atoms with Gasteiger partial charge in [-0.3, -0.25) is 10.4 Å². The molecule has 0 spiro atoms. The van der Waals surface area contributed by atoms with Gasteiger partial charge in [0.05, 0.1) is 24.0 Å². The maximum absolute atomic E-state index is 6.01. The summed E-state index contributed by atoms with van der Waals surface area (Å²) in [5, 5.41) is 5.97. The minimum Gasteiger partial charge on any atom is -0.494 e. The van der Waals surface area contributed by atoms with Gasteiger partial charge in [-0.2, -0.15) is 5.10 Å². The van der Waals surface area contributed by atoms with Gasteiger partial charge in [0.1, 0.15) is 5.75 Å². The van der Waals surface area contributed by atoms with Crippen LogP contribution in [0.3, 0.4) is 0 Å². The van der Waals surface area contributed by atoms with E-state index >= 15 is 0 Å². The van der Waals surface area contributed by atoms with Gasteiger partial charge in [0, 0.05) is 16.6 Å². The minimum absolute atomic E-state index is 0.646. The van der Waals surface area contributed by atoms with Crippen molar-refractivity contribution in [2.45, 2.75) is 20.3 Å². The number of anilines is 1. The van der Waals surface area contributed by atoms with Crippen molar-refractivity contribution < 1.29 is 4.74 Å². The summed E-state index contributed by atoms with van der Waals surface area (Å²) in [7, 11) is 0. The molecule has 0 aliphatic carbocycles. The Morgan fingerprint density at radius 1 is 1.15 bits per heavy atom. The predicted octanol–water partition coefficient (Wildman–Crippen LogP) is 5.76. The van der Waals surface area contributed by atoms with Crippen LogP contribution in [0.1, 0.15) is 25.8 Å². The van der Waals surface area contributed by atoms with Crippen LogP contribution in [0, 0.1) is 5.92 Å². The third-order valence-corrected chi connectivity index (χ3v) is 4.18. The standard InChI is InChI=1S/C21H22ClN3O/c1-15(2)10-12-26-18-6-3-16(4-7-18)14-24-25-20-9-11-23-21-13-17(22)5-8-19(20)21/h3-9,11,13-15H,10,12H2,1-2H3,(H,23,25)/b24-14+. The third-order valence-electron chi connectivity index (χ3n) is 3.95. The van der Waals surface area contributed by atoms with Gasteiger partial charge in [0.25, 0.3) is 0 Å². The molecule has 2 aromatic carbocycles. The summed E-state index contributed by atoms with van der Waals surface area (Å²) < 4.78 is 5.73. The second kappa shape index (κ2) is 8.68. The highest BCUT2D eigenvalue weighted by Gasteiger charge is 2.01. The van der Waals surface area contributed by atoms with Crippen molar-refractivity contribution in [3.05, 3.63) is 65.3 Å². The largest absolute Gasteiger partial charge is 0.494 e. The molecule has 0 atom stereocenters. The van der Waals surface area contributed by atoms with Gasteiger partial charge in [-0.1, -0.05) is 25.4 Å². The average molecular weight is 368 g/mol. The summed E-state index contributed by atoms with van der Waals surface area (Å²) in [6, 6.07) is 15.4. The fourth-order valence-electron chi connectivity index (χ4n) is 2.46. The predicted molar refractivity (Wildman–Crippen MR) is 109 cm³/mol. The lowest BCUT2D eigenvalue weighted by Crippen LogP contribution is -2.01. The van der Waals surface area contributed by atoms with E-state index in [0.717, 1.165) is 40.9 Å². The van der Waals surface area contributed by atoms with Crippen LogP contribution in [-0.4, -0.2) is 17.8 Å². The highest BCUT2D eigenvalue weighted by Crippen LogP contribution is 2.24. The highest BCUT2D eigenvalue weighted by molar-refractivity contribution is 6.31. The highest BCUT2D eigenvalue weighted by atomic mass is 35.5. The zero-order chi connectivity index (χ0) is 18.4. The lowest BCUT2D eigenvalue weighted by Gasteiger charge is -2.08. The normalized spacial score (nSPS) is 11.4. The first-order valence-electron chi connectivity index (χ1n) is 8.68. The quantitative estimate of drug-likeness (QED) is 0.426. The number of halogens is 1. The summed E-state index contributed by atoms with van der Waals surface area (Å²) in [6.07, 6.45) is 4.57. The first kappa shape index (κ1) is 18.2. The van der Waals surface area contributed by atoms with Crippen molar-refractivity contribution >= 4 is 34.4 Å². The van der Waals surface area contributed by atoms with Crippen LogP contribution >= 0.6 is 11.6 Å². The zero-order valence-corrected chi connectivity index (χ0v) is 15.7. The summed E-state index contributed by atoms with van der Waals surface area (Å²) in [4.78, 5) is 4.32. The van der Waals surface area contributed by atoms with E-state index in [1.54, 1.807) is 12.4 Å². The van der Waals surface area contributed by atoms with Gasteiger partial charge in [0.15, 0.2) is 0 Å². The number of ether oxygens (including phenoxy) is 1. The monoisotopic (exact) mass is 367 g/mol. The van der Waals surface area contributed by atoms with Gasteiger partial charge in [-0.25, -0.2) is 0 Å². The molecule has 3 rings (SSSR count). The number of aromatic nitrogens is 1. The van der Waals surface area contributed by atoms with Crippen LogP contribution in [0.25, 0.3) is 10.9 Å². The average Bonchev–Trinajstić information content (AvgIpc) is 2.62. The van der Waals surface area contributed by atoms with E-state index in [4.69, 9.17) is 16.3 Å². The number of benzene rings is 2. The first-order valence-corrected chi connectivity index (χ1v) is 9.06. The Kier molecular flexibility index (Phi) is 6.08. The van der Waals surface area contributed by atoms with Crippen molar-refractivity contribution in [3.63, 3.8) is 0 Å². The molecule has 0 amide bonds. The fourth-order valence-corrected chi connectivity index (χ4v) is 2.62. The lowest BCUT2D eigenvalue weighted by atomic mass is 10.1. The van der Waals surface area contributed by atoms with E-state index in [1.165, 1.54) is 0 Å². The molecule has 0 saturated carbocycles. The number of fused-ring (bicyclic) bond motifs is 1. The molecule has 134 valence electrons. The van der Waals surface area contributed by atoms with Crippen LogP contribution < -0.4 is 10.2 Å². The number of nitrogens with zero attached hydrogens (tertiary/aromatic N) is 2. The number of rotatable bonds is 7. The molecule has 0 aliphatic rings. The van der Waals surface area contributed by atoms with Gasteiger partial charge < -0.3 is 4.74 Å². The van der Waals surface area contributed by atoms with E-state index in [2.05, 4.69) is 29.4 Å². The van der Waals surface area contributed by atoms with Gasteiger partial charge >= 0.3 is 0 Å². The summed E-state index contributed by atoms with van der Waals surface area (Å²) in [5.74, 6) is 1.53. The van der Waals surface area contributed by atoms with Crippen LogP contribution in [-0.2, 0) is 0 Å². The summed E-state index contributed by atoms with van der Waals surface area (Å²) in [5.41, 5.74) is 5.79. The molecule has 0 fully saturated rings. The van der Waals surface area contributed by atoms with E-state index in [-0.39, 0.29) is 0 Å². The van der Waals surface area contributed by atoms with Crippen LogP contribution in [0.5, 0.6) is 5.75 Å². The van der Waals surface area contributed by atoms with Crippen LogP contribution in [0.15, 0.2) is 59.8 Å². The lowest BCUT2D eigenvalue weighted by molar-refractivity contribution is 0.289. The Labute approximate surface area is 158 Å². The molecule has 26 heavy (non-hydrogen) atoms. The SMILES string of the molecule is CC(C)CCOc1ccc(/C=N/Nc2ccnc3cc(Cl)ccc23)cc1. The molecule has 0 radical (unpaired) electrons. The molecule has 1 aromatic heterocycles. The van der Waals surface area contributed by atoms with E-state index in [1.807, 2.05) is 48.5 Å². The molecule has 0 aliphatic heterocycles. The van der Waals surface area contributed by atoms with Crippen molar-refractivity contribution in [2.75, 3.05) is 12.0 Å². The van der Waals surface area contributed by atoms with Crippen molar-refractivity contribution in [3.8, 4) is 5.75 Å². The smallest absolute Gasteiger partial charge is 0.119 e. The Bertz CT molecular complexity index is 891. The molecule has 5 heteroatoms. The maximum Gasteiger partial charge on any atom is 0.119 e. The molecule has 1 N–H and O–H groups in total. The number of hydrazone groups is 1. The maximum atomic E-state index is 6.01. The van der Waals surface area contributed by atoms with Gasteiger partial charge in [-0.15, -0.1) is 0 Å². The van der Waals surface area contributed by atoms with Gasteiger partial charge in [-0.05, 0) is 66.4 Å². The van der Waals surface area contributed by atoms with Crippen molar-refractivity contribution in [1.82, 2.24) is 4.98 Å². The van der Waals surface area contributed by atoms with Crippen molar-refractivity contribution in [1.29, 1.82) is 0 Å². The molecule has 0 saturated heterocycles. The Hall–Kier alpha value is -2.59. The first-order chi connectivity index (χ1) is 12.6. The topological polar surface area (TPSA) is 46.5 Å². The molecule has 0 unspecified atom stereocenters. The van der Waals surface area contributed by atoms with E-state index in [9.17, 15) is 0 Å². The molecule has 3 aromatic rings. The number of hydrogen-bond acceptors (Lipinski definition) is 4. The Morgan fingerprint density at radius 2 is 1.96 bits per heavy atom. The van der Waals surface area contributed by atoms with E-state index < -0.39 is 0 Å². The second-order valence-electron chi connectivity index (χ2n) is 6.49. The second-order valence-corrected chi connectivity index (χ2v) is 6.93.